The summed E-state index contributed by atoms with van der Waals surface area (Å²) < 4.78 is 0. The molecule has 1 aromatic carbocycles. The highest BCUT2D eigenvalue weighted by atomic mass is 16.2. The Morgan fingerprint density at radius 3 is 2.67 bits per heavy atom. The smallest absolute Gasteiger partial charge is 0.316 e. The number of nitrogens with two attached hydrogens (primary N) is 1. The summed E-state index contributed by atoms with van der Waals surface area (Å²) in [5.74, 6) is 0. The van der Waals surface area contributed by atoms with Crippen molar-refractivity contribution >= 4 is 17.4 Å². The fourth-order valence-electron chi connectivity index (χ4n) is 0.895. The quantitative estimate of drug-likeness (QED) is 0.616. The van der Waals surface area contributed by atoms with E-state index < -0.39 is 6.03 Å². The molecule has 0 bridgehead atoms. The molecule has 0 saturated heterocycles. The molecule has 0 spiro atoms. The van der Waals surface area contributed by atoms with Crippen molar-refractivity contribution in [2.45, 2.75) is 0 Å². The molecule has 0 heterocycles. The number of carbonyl (C=O) groups is 1. The average Bonchev–Trinajstić information content (AvgIpc) is 2.03. The van der Waals surface area contributed by atoms with Crippen LogP contribution in [0.5, 0.6) is 0 Å². The van der Waals surface area contributed by atoms with Gasteiger partial charge in [0.15, 0.2) is 0 Å². The lowest BCUT2D eigenvalue weighted by molar-refractivity contribution is 0.259. The van der Waals surface area contributed by atoms with E-state index in [1.807, 2.05) is 19.2 Å². The van der Waals surface area contributed by atoms with Crippen molar-refractivity contribution in [2.75, 3.05) is 17.7 Å². The third-order valence-corrected chi connectivity index (χ3v) is 1.42. The molecule has 64 valence electrons. The number of benzene rings is 1. The number of hydrogen-bond donors (Lipinski definition) is 3. The van der Waals surface area contributed by atoms with E-state index in [2.05, 4.69) is 10.6 Å². The summed E-state index contributed by atoms with van der Waals surface area (Å²) in [6.45, 7) is 0. The Kier molecular flexibility index (Phi) is 2.53. The van der Waals surface area contributed by atoms with Crippen molar-refractivity contribution in [1.29, 1.82) is 0 Å². The Labute approximate surface area is 70.8 Å². The molecule has 0 aliphatic carbocycles. The Morgan fingerprint density at radius 1 is 1.42 bits per heavy atom. The van der Waals surface area contributed by atoms with Crippen LogP contribution in [0, 0.1) is 0 Å². The van der Waals surface area contributed by atoms with Gasteiger partial charge < -0.3 is 16.4 Å². The standard InChI is InChI=1S/C8H11N3O/c1-10-6-3-2-4-7(5-6)11-8(9)12/h2-5,10H,1H3,(H3,9,11,12). The van der Waals surface area contributed by atoms with Crippen LogP contribution < -0.4 is 16.4 Å². The largest absolute Gasteiger partial charge is 0.388 e. The maximum absolute atomic E-state index is 10.5. The van der Waals surface area contributed by atoms with Gasteiger partial charge in [0.2, 0.25) is 0 Å². The van der Waals surface area contributed by atoms with Crippen molar-refractivity contribution in [3.05, 3.63) is 24.3 Å². The Bertz CT molecular complexity index is 285. The minimum atomic E-state index is -0.553. The van der Waals surface area contributed by atoms with Gasteiger partial charge in [0.05, 0.1) is 0 Å². The van der Waals surface area contributed by atoms with Gasteiger partial charge in [0.25, 0.3) is 0 Å². The maximum Gasteiger partial charge on any atom is 0.316 e. The second-order valence-corrected chi connectivity index (χ2v) is 2.32. The fourth-order valence-corrected chi connectivity index (χ4v) is 0.895. The van der Waals surface area contributed by atoms with Crippen molar-refractivity contribution in [3.63, 3.8) is 0 Å². The SMILES string of the molecule is CNc1cccc(NC(N)=O)c1. The molecule has 1 aromatic rings. The van der Waals surface area contributed by atoms with Gasteiger partial charge in [-0.25, -0.2) is 4.79 Å². The van der Waals surface area contributed by atoms with Crippen LogP contribution in [0.4, 0.5) is 16.2 Å². The van der Waals surface area contributed by atoms with Gasteiger partial charge in [0, 0.05) is 18.4 Å². The molecule has 4 heteroatoms. The molecule has 0 aliphatic rings. The molecule has 2 amide bonds. The van der Waals surface area contributed by atoms with Crippen molar-refractivity contribution in [1.82, 2.24) is 0 Å². The first kappa shape index (κ1) is 8.39. The molecule has 12 heavy (non-hydrogen) atoms. The lowest BCUT2D eigenvalue weighted by atomic mass is 10.3. The van der Waals surface area contributed by atoms with E-state index in [1.165, 1.54) is 0 Å². The molecule has 0 atom stereocenters. The summed E-state index contributed by atoms with van der Waals surface area (Å²) in [7, 11) is 1.81. The number of amides is 2. The molecule has 0 radical (unpaired) electrons. The molecule has 0 aliphatic heterocycles. The lowest BCUT2D eigenvalue weighted by Gasteiger charge is -2.03. The maximum atomic E-state index is 10.5. The topological polar surface area (TPSA) is 67.2 Å². The number of hydrogen-bond acceptors (Lipinski definition) is 2. The molecule has 4 N–H and O–H groups in total. The van der Waals surface area contributed by atoms with Gasteiger partial charge in [0.1, 0.15) is 0 Å². The number of rotatable bonds is 2. The predicted octanol–water partition coefficient (Wildman–Crippen LogP) is 1.22. The molecule has 0 saturated carbocycles. The molecular weight excluding hydrogens is 154 g/mol. The van der Waals surface area contributed by atoms with Crippen LogP contribution in [-0.2, 0) is 0 Å². The zero-order chi connectivity index (χ0) is 8.97. The fraction of sp³-hybridized carbons (Fsp3) is 0.125. The lowest BCUT2D eigenvalue weighted by Crippen LogP contribution is -2.19. The Hall–Kier alpha value is -1.71. The van der Waals surface area contributed by atoms with Gasteiger partial charge in [-0.2, -0.15) is 0 Å². The minimum absolute atomic E-state index is 0.553. The van der Waals surface area contributed by atoms with E-state index in [1.54, 1.807) is 12.1 Å². The summed E-state index contributed by atoms with van der Waals surface area (Å²) in [5.41, 5.74) is 6.57. The van der Waals surface area contributed by atoms with E-state index in [9.17, 15) is 4.79 Å². The first-order valence-corrected chi connectivity index (χ1v) is 3.56. The van der Waals surface area contributed by atoms with Crippen LogP contribution in [0.25, 0.3) is 0 Å². The zero-order valence-electron chi connectivity index (χ0n) is 6.79. The number of anilines is 2. The Morgan fingerprint density at radius 2 is 2.08 bits per heavy atom. The zero-order valence-corrected chi connectivity index (χ0v) is 6.79. The molecular formula is C8H11N3O. The monoisotopic (exact) mass is 165 g/mol. The highest BCUT2D eigenvalue weighted by Gasteiger charge is 1.95. The van der Waals surface area contributed by atoms with E-state index in [0.717, 1.165) is 5.69 Å². The highest BCUT2D eigenvalue weighted by molar-refractivity contribution is 5.88. The van der Waals surface area contributed by atoms with Crippen LogP contribution in [0.15, 0.2) is 24.3 Å². The van der Waals surface area contributed by atoms with E-state index in [-0.39, 0.29) is 0 Å². The van der Waals surface area contributed by atoms with Gasteiger partial charge in [-0.3, -0.25) is 0 Å². The normalized spacial score (nSPS) is 9.08. The second-order valence-electron chi connectivity index (χ2n) is 2.32. The first-order valence-electron chi connectivity index (χ1n) is 3.56. The summed E-state index contributed by atoms with van der Waals surface area (Å²) in [6.07, 6.45) is 0. The number of nitrogens with one attached hydrogen (secondary N) is 2. The van der Waals surface area contributed by atoms with Crippen LogP contribution in [0.2, 0.25) is 0 Å². The first-order chi connectivity index (χ1) is 5.72. The molecule has 0 unspecified atom stereocenters. The van der Waals surface area contributed by atoms with Crippen LogP contribution in [0.3, 0.4) is 0 Å². The number of primary amides is 1. The van der Waals surface area contributed by atoms with Crippen LogP contribution in [0.1, 0.15) is 0 Å². The molecule has 1 rings (SSSR count). The van der Waals surface area contributed by atoms with Crippen molar-refractivity contribution in [2.24, 2.45) is 5.73 Å². The van der Waals surface area contributed by atoms with Gasteiger partial charge in [-0.1, -0.05) is 6.07 Å². The third-order valence-electron chi connectivity index (χ3n) is 1.42. The van der Waals surface area contributed by atoms with Gasteiger partial charge in [-0.05, 0) is 18.2 Å². The second kappa shape index (κ2) is 3.61. The van der Waals surface area contributed by atoms with Gasteiger partial charge >= 0.3 is 6.03 Å². The predicted molar refractivity (Wildman–Crippen MR) is 49.2 cm³/mol. The summed E-state index contributed by atoms with van der Waals surface area (Å²) in [5, 5.41) is 5.43. The van der Waals surface area contributed by atoms with Crippen molar-refractivity contribution in [3.8, 4) is 0 Å². The highest BCUT2D eigenvalue weighted by Crippen LogP contribution is 2.13. The average molecular weight is 165 g/mol. The van der Waals surface area contributed by atoms with Crippen LogP contribution in [-0.4, -0.2) is 13.1 Å². The van der Waals surface area contributed by atoms with E-state index in [4.69, 9.17) is 5.73 Å². The van der Waals surface area contributed by atoms with E-state index >= 15 is 0 Å². The van der Waals surface area contributed by atoms with Gasteiger partial charge in [-0.15, -0.1) is 0 Å². The summed E-state index contributed by atoms with van der Waals surface area (Å²) in [4.78, 5) is 10.5. The number of urea groups is 1. The number of carbonyl (C=O) groups excluding carboxylic acids is 1. The summed E-state index contributed by atoms with van der Waals surface area (Å²) in [6, 6.07) is 6.74. The molecule has 0 fully saturated rings. The van der Waals surface area contributed by atoms with Crippen LogP contribution >= 0.6 is 0 Å². The molecule has 4 nitrogen and oxygen atoms in total. The molecule has 0 aromatic heterocycles. The van der Waals surface area contributed by atoms with E-state index in [0.29, 0.717) is 5.69 Å². The van der Waals surface area contributed by atoms with Crippen molar-refractivity contribution < 1.29 is 4.79 Å². The minimum Gasteiger partial charge on any atom is -0.388 e. The Balaban J connectivity index is 2.79. The third kappa shape index (κ3) is 2.16. The summed E-state index contributed by atoms with van der Waals surface area (Å²) >= 11 is 0.